The van der Waals surface area contributed by atoms with Crippen molar-refractivity contribution in [3.63, 3.8) is 0 Å². The third-order valence-corrected chi connectivity index (χ3v) is 4.92. The van der Waals surface area contributed by atoms with Gasteiger partial charge in [-0.15, -0.1) is 23.2 Å². The Morgan fingerprint density at radius 3 is 2.43 bits per heavy atom. The van der Waals surface area contributed by atoms with E-state index in [0.29, 0.717) is 11.1 Å². The summed E-state index contributed by atoms with van der Waals surface area (Å²) in [6, 6.07) is 8.55. The molecule has 0 bridgehead atoms. The number of nitrogens with zero attached hydrogens (tertiary/aromatic N) is 1. The summed E-state index contributed by atoms with van der Waals surface area (Å²) in [6.45, 7) is 3.06. The standard InChI is InChI=1S/C15H12Cl3NO2/c1-8-10(16)13(20)15(2,18)12(17)11(8)19-14(21)9-6-4-3-5-7-9/h3-7,12H,1-2H3/t12-,15-/m1/s1. The first kappa shape index (κ1) is 16.2. The molecule has 0 saturated heterocycles. The van der Waals surface area contributed by atoms with E-state index in [-0.39, 0.29) is 10.7 Å². The molecule has 0 aliphatic heterocycles. The number of halogens is 3. The lowest BCUT2D eigenvalue weighted by Crippen LogP contribution is -2.48. The predicted octanol–water partition coefficient (Wildman–Crippen LogP) is 3.97. The zero-order valence-corrected chi connectivity index (χ0v) is 13.6. The van der Waals surface area contributed by atoms with Crippen molar-refractivity contribution < 1.29 is 9.59 Å². The van der Waals surface area contributed by atoms with Crippen molar-refractivity contribution in [2.45, 2.75) is 24.1 Å². The van der Waals surface area contributed by atoms with Gasteiger partial charge in [0.2, 0.25) is 0 Å². The number of alkyl halides is 2. The van der Waals surface area contributed by atoms with Crippen LogP contribution in [0.15, 0.2) is 45.9 Å². The lowest BCUT2D eigenvalue weighted by molar-refractivity contribution is -0.117. The van der Waals surface area contributed by atoms with Crippen LogP contribution in [0.4, 0.5) is 0 Å². The Balaban J connectivity index is 2.49. The van der Waals surface area contributed by atoms with Crippen molar-refractivity contribution in [2.24, 2.45) is 4.99 Å². The molecule has 2 rings (SSSR count). The molecule has 2 atom stereocenters. The molecule has 0 N–H and O–H groups in total. The molecule has 0 aromatic heterocycles. The second-order valence-corrected chi connectivity index (χ2v) is 6.47. The molecule has 6 heteroatoms. The summed E-state index contributed by atoms with van der Waals surface area (Å²) in [5.74, 6) is -0.920. The van der Waals surface area contributed by atoms with Crippen molar-refractivity contribution in [2.75, 3.05) is 0 Å². The van der Waals surface area contributed by atoms with Crippen LogP contribution in [0.1, 0.15) is 24.2 Å². The number of allylic oxidation sites excluding steroid dienone is 2. The number of ketones is 1. The van der Waals surface area contributed by atoms with Crippen molar-refractivity contribution in [1.82, 2.24) is 0 Å². The maximum atomic E-state index is 12.2. The molecule has 0 fully saturated rings. The van der Waals surface area contributed by atoms with Crippen LogP contribution in [0.3, 0.4) is 0 Å². The predicted molar refractivity (Wildman–Crippen MR) is 85.7 cm³/mol. The molecule has 1 amide bonds. The molecule has 110 valence electrons. The Morgan fingerprint density at radius 2 is 1.86 bits per heavy atom. The second-order valence-electron chi connectivity index (χ2n) is 4.87. The van der Waals surface area contributed by atoms with E-state index in [1.54, 1.807) is 37.3 Å². The first-order valence-corrected chi connectivity index (χ1v) is 7.38. The zero-order valence-electron chi connectivity index (χ0n) is 11.4. The van der Waals surface area contributed by atoms with Gasteiger partial charge in [-0.3, -0.25) is 9.59 Å². The minimum atomic E-state index is -1.42. The van der Waals surface area contributed by atoms with Gasteiger partial charge >= 0.3 is 0 Å². The van der Waals surface area contributed by atoms with Crippen LogP contribution in [-0.4, -0.2) is 27.7 Å². The highest BCUT2D eigenvalue weighted by Crippen LogP contribution is 2.38. The highest BCUT2D eigenvalue weighted by atomic mass is 35.5. The van der Waals surface area contributed by atoms with E-state index in [2.05, 4.69) is 4.99 Å². The third kappa shape index (κ3) is 2.91. The van der Waals surface area contributed by atoms with Crippen LogP contribution in [0, 0.1) is 0 Å². The van der Waals surface area contributed by atoms with Gasteiger partial charge < -0.3 is 0 Å². The van der Waals surface area contributed by atoms with Gasteiger partial charge in [0.1, 0.15) is 10.3 Å². The van der Waals surface area contributed by atoms with Crippen molar-refractivity contribution in [3.8, 4) is 0 Å². The highest BCUT2D eigenvalue weighted by Gasteiger charge is 2.47. The number of hydrogen-bond donors (Lipinski definition) is 0. The van der Waals surface area contributed by atoms with Crippen molar-refractivity contribution in [3.05, 3.63) is 46.5 Å². The summed E-state index contributed by atoms with van der Waals surface area (Å²) >= 11 is 18.4. The molecular formula is C15H12Cl3NO2. The summed E-state index contributed by atoms with van der Waals surface area (Å²) in [5.41, 5.74) is 1.03. The van der Waals surface area contributed by atoms with E-state index in [1.807, 2.05) is 0 Å². The monoisotopic (exact) mass is 343 g/mol. The largest absolute Gasteiger partial charge is 0.291 e. The molecule has 0 saturated carbocycles. The maximum Gasteiger partial charge on any atom is 0.277 e. The summed E-state index contributed by atoms with van der Waals surface area (Å²) in [7, 11) is 0. The molecule has 0 heterocycles. The van der Waals surface area contributed by atoms with Crippen LogP contribution in [0.25, 0.3) is 0 Å². The molecule has 1 aliphatic carbocycles. The van der Waals surface area contributed by atoms with E-state index in [9.17, 15) is 9.59 Å². The Morgan fingerprint density at radius 1 is 1.29 bits per heavy atom. The Labute approximate surface area is 137 Å². The molecular weight excluding hydrogens is 333 g/mol. The maximum absolute atomic E-state index is 12.2. The smallest absolute Gasteiger partial charge is 0.277 e. The number of carbonyl (C=O) groups excluding carboxylic acids is 2. The molecule has 0 unspecified atom stereocenters. The van der Waals surface area contributed by atoms with Crippen LogP contribution >= 0.6 is 34.8 Å². The molecule has 21 heavy (non-hydrogen) atoms. The quantitative estimate of drug-likeness (QED) is 0.724. The van der Waals surface area contributed by atoms with Gasteiger partial charge in [0.25, 0.3) is 5.91 Å². The Hall–Kier alpha value is -1.16. The van der Waals surface area contributed by atoms with Gasteiger partial charge in [-0.1, -0.05) is 29.8 Å². The number of benzene rings is 1. The fourth-order valence-electron chi connectivity index (χ4n) is 1.95. The first-order chi connectivity index (χ1) is 9.76. The summed E-state index contributed by atoms with van der Waals surface area (Å²) in [5, 5.41) is -0.967. The molecule has 3 nitrogen and oxygen atoms in total. The zero-order chi connectivity index (χ0) is 15.8. The number of carbonyl (C=O) groups is 2. The molecule has 0 radical (unpaired) electrons. The average Bonchev–Trinajstić information content (AvgIpc) is 2.49. The van der Waals surface area contributed by atoms with E-state index >= 15 is 0 Å². The average molecular weight is 345 g/mol. The van der Waals surface area contributed by atoms with Crippen molar-refractivity contribution in [1.29, 1.82) is 0 Å². The lowest BCUT2D eigenvalue weighted by Gasteiger charge is -2.32. The van der Waals surface area contributed by atoms with Gasteiger partial charge in [-0.05, 0) is 31.6 Å². The highest BCUT2D eigenvalue weighted by molar-refractivity contribution is 6.59. The Kier molecular flexibility index (Phi) is 4.57. The van der Waals surface area contributed by atoms with E-state index in [0.717, 1.165) is 0 Å². The summed E-state index contributed by atoms with van der Waals surface area (Å²) < 4.78 is 0. The number of rotatable bonds is 1. The second kappa shape index (κ2) is 5.91. The summed E-state index contributed by atoms with van der Waals surface area (Å²) in [6.07, 6.45) is 0. The van der Waals surface area contributed by atoms with Crippen LogP contribution in [0.5, 0.6) is 0 Å². The first-order valence-electron chi connectivity index (χ1n) is 6.19. The number of amides is 1. The van der Waals surface area contributed by atoms with Gasteiger partial charge in [0.15, 0.2) is 5.78 Å². The topological polar surface area (TPSA) is 46.5 Å². The van der Waals surface area contributed by atoms with Crippen molar-refractivity contribution >= 4 is 52.2 Å². The SMILES string of the molecule is CC1=C(Cl)C(=O)[C@](C)(Cl)[C@H](Cl)C1=NC(=O)c1ccccc1. The van der Waals surface area contributed by atoms with Crippen LogP contribution in [-0.2, 0) is 4.79 Å². The van der Waals surface area contributed by atoms with Crippen LogP contribution in [0.2, 0.25) is 0 Å². The van der Waals surface area contributed by atoms with Gasteiger partial charge in [0.05, 0.1) is 10.7 Å². The van der Waals surface area contributed by atoms with E-state index < -0.39 is 21.9 Å². The van der Waals surface area contributed by atoms with Gasteiger partial charge in [0, 0.05) is 5.56 Å². The van der Waals surface area contributed by atoms with Gasteiger partial charge in [-0.2, -0.15) is 0 Å². The molecule has 1 aliphatic rings. The molecule has 1 aromatic rings. The third-order valence-electron chi connectivity index (χ3n) is 3.32. The fraction of sp³-hybridized carbons (Fsp3) is 0.267. The number of aliphatic imine (C=N–C) groups is 1. The fourth-order valence-corrected chi connectivity index (χ4v) is 2.81. The van der Waals surface area contributed by atoms with Gasteiger partial charge in [-0.25, -0.2) is 4.99 Å². The number of Topliss-reactive ketones (excluding diaryl/α,β-unsaturated/α-hetero) is 1. The number of hydrogen-bond acceptors (Lipinski definition) is 2. The van der Waals surface area contributed by atoms with Crippen LogP contribution < -0.4 is 0 Å². The minimum Gasteiger partial charge on any atom is -0.291 e. The molecule has 1 aromatic carbocycles. The minimum absolute atomic E-state index is 0.0380. The Bertz CT molecular complexity index is 663. The summed E-state index contributed by atoms with van der Waals surface area (Å²) in [4.78, 5) is 26.8. The molecule has 0 spiro atoms. The van der Waals surface area contributed by atoms with E-state index in [1.165, 1.54) is 6.92 Å². The van der Waals surface area contributed by atoms with E-state index in [4.69, 9.17) is 34.8 Å². The normalized spacial score (nSPS) is 28.1. The lowest BCUT2D eigenvalue weighted by atomic mass is 9.87.